The Bertz CT molecular complexity index is 1510. The first-order valence-corrected chi connectivity index (χ1v) is 15.3. The fourth-order valence-electron chi connectivity index (χ4n) is 5.44. The van der Waals surface area contributed by atoms with Crippen LogP contribution in [0.3, 0.4) is 0 Å². The highest BCUT2D eigenvalue weighted by Crippen LogP contribution is 2.40. The number of allylic oxidation sites excluding steroid dienone is 18. The number of rotatable bonds is 8. The van der Waals surface area contributed by atoms with Crippen LogP contribution in [-0.4, -0.2) is 34.0 Å². The maximum Gasteiger partial charge on any atom is 0.187 e. The molecular formula is C40H50O4. The first-order chi connectivity index (χ1) is 20.5. The molecule has 2 aliphatic rings. The highest BCUT2D eigenvalue weighted by Gasteiger charge is 2.38. The van der Waals surface area contributed by atoms with E-state index in [2.05, 4.69) is 25.7 Å². The monoisotopic (exact) mass is 594 g/mol. The third-order valence-corrected chi connectivity index (χ3v) is 8.09. The molecule has 2 rings (SSSR count). The number of aliphatic hydroxyl groups excluding tert-OH is 2. The van der Waals surface area contributed by atoms with Gasteiger partial charge in [-0.05, 0) is 76.5 Å². The zero-order valence-electron chi connectivity index (χ0n) is 28.2. The molecule has 0 aromatic heterocycles. The van der Waals surface area contributed by atoms with Gasteiger partial charge in [-0.2, -0.15) is 0 Å². The Kier molecular flexibility index (Phi) is 13.1. The number of hydrogen-bond donors (Lipinski definition) is 2. The SMILES string of the molecule is CC1=C(C#C\C(C)=C/C=C/C(C)=C/C=C/C=C(C)\C=C\C=C(C)\C=C\C2=C(C)C(=O)C(O)CC2(C)C)C(C)(C)CC(O)C1=O. The van der Waals surface area contributed by atoms with Crippen LogP contribution in [0.25, 0.3) is 0 Å². The molecule has 4 heteroatoms. The van der Waals surface area contributed by atoms with Gasteiger partial charge in [0.15, 0.2) is 11.6 Å². The van der Waals surface area contributed by atoms with Crippen molar-refractivity contribution in [3.05, 3.63) is 117 Å². The molecule has 2 atom stereocenters. The summed E-state index contributed by atoms with van der Waals surface area (Å²) in [5.41, 5.74) is 6.58. The molecule has 0 saturated heterocycles. The summed E-state index contributed by atoms with van der Waals surface area (Å²) < 4.78 is 0. The molecule has 0 spiro atoms. The molecule has 2 aliphatic carbocycles. The predicted molar refractivity (Wildman–Crippen MR) is 184 cm³/mol. The molecule has 0 aliphatic heterocycles. The second-order valence-electron chi connectivity index (χ2n) is 13.2. The third kappa shape index (κ3) is 10.4. The van der Waals surface area contributed by atoms with Crippen LogP contribution in [0.2, 0.25) is 0 Å². The van der Waals surface area contributed by atoms with E-state index in [9.17, 15) is 19.8 Å². The molecule has 44 heavy (non-hydrogen) atoms. The lowest BCUT2D eigenvalue weighted by Crippen LogP contribution is -2.35. The van der Waals surface area contributed by atoms with E-state index in [0.29, 0.717) is 24.0 Å². The second-order valence-corrected chi connectivity index (χ2v) is 13.2. The van der Waals surface area contributed by atoms with Gasteiger partial charge in [0.2, 0.25) is 0 Å². The van der Waals surface area contributed by atoms with Crippen LogP contribution >= 0.6 is 0 Å². The number of Topliss-reactive ketones (excluding diaryl/α,β-unsaturated/α-hetero) is 2. The van der Waals surface area contributed by atoms with Crippen LogP contribution in [-0.2, 0) is 9.59 Å². The first kappa shape index (κ1) is 36.4. The largest absolute Gasteiger partial charge is 0.385 e. The van der Waals surface area contributed by atoms with Gasteiger partial charge in [0, 0.05) is 16.6 Å². The van der Waals surface area contributed by atoms with Crippen LogP contribution in [0.15, 0.2) is 117 Å². The lowest BCUT2D eigenvalue weighted by molar-refractivity contribution is -0.126. The summed E-state index contributed by atoms with van der Waals surface area (Å²) in [6.07, 6.45) is 23.1. The molecule has 4 nitrogen and oxygen atoms in total. The van der Waals surface area contributed by atoms with Gasteiger partial charge in [-0.15, -0.1) is 0 Å². The average Bonchev–Trinajstić information content (AvgIpc) is 2.92. The molecule has 0 amide bonds. The van der Waals surface area contributed by atoms with Crippen molar-refractivity contribution in [1.29, 1.82) is 0 Å². The van der Waals surface area contributed by atoms with Crippen molar-refractivity contribution in [2.45, 2.75) is 94.3 Å². The standard InChI is InChI=1S/C40H50O4/c1-27(17-13-19-29(3)21-23-33-31(5)37(43)35(41)25-39(33,7)8)15-11-12-16-28(2)18-14-20-30(4)22-24-34-32(6)38(44)36(42)26-40(34,9)10/h11-21,23,35-36,41-42H,25-26H2,1-10H3/b12-11+,17-13+,18-14+,23-21+,27-15-,28-16+,29-19+,30-20-. The van der Waals surface area contributed by atoms with Crippen LogP contribution in [0.4, 0.5) is 0 Å². The van der Waals surface area contributed by atoms with E-state index in [-0.39, 0.29) is 22.4 Å². The third-order valence-electron chi connectivity index (χ3n) is 8.09. The molecular weight excluding hydrogens is 544 g/mol. The van der Waals surface area contributed by atoms with Crippen LogP contribution in [0.5, 0.6) is 0 Å². The molecule has 234 valence electrons. The highest BCUT2D eigenvalue weighted by molar-refractivity contribution is 6.01. The quantitative estimate of drug-likeness (QED) is 0.219. The summed E-state index contributed by atoms with van der Waals surface area (Å²) in [5, 5.41) is 20.0. The smallest absolute Gasteiger partial charge is 0.187 e. The van der Waals surface area contributed by atoms with Crippen molar-refractivity contribution < 1.29 is 19.8 Å². The molecule has 0 aromatic rings. The number of hydrogen-bond acceptors (Lipinski definition) is 4. The van der Waals surface area contributed by atoms with Crippen LogP contribution < -0.4 is 0 Å². The van der Waals surface area contributed by atoms with Gasteiger partial charge in [0.25, 0.3) is 0 Å². The summed E-state index contributed by atoms with van der Waals surface area (Å²) in [6.45, 7) is 19.7. The van der Waals surface area contributed by atoms with Gasteiger partial charge in [0.05, 0.1) is 0 Å². The van der Waals surface area contributed by atoms with Gasteiger partial charge in [0.1, 0.15) is 12.2 Å². The lowest BCUT2D eigenvalue weighted by atomic mass is 9.71. The molecule has 0 bridgehead atoms. The fraction of sp³-hybridized carbons (Fsp3) is 0.400. The first-order valence-electron chi connectivity index (χ1n) is 15.3. The molecule has 0 radical (unpaired) electrons. The number of aliphatic hydroxyl groups is 2. The fourth-order valence-corrected chi connectivity index (χ4v) is 5.44. The lowest BCUT2D eigenvalue weighted by Gasteiger charge is -2.34. The molecule has 0 saturated carbocycles. The number of carbonyl (C=O) groups excluding carboxylic acids is 2. The normalized spacial score (nSPS) is 24.0. The summed E-state index contributed by atoms with van der Waals surface area (Å²) in [6, 6.07) is 0. The maximum atomic E-state index is 12.2. The Morgan fingerprint density at radius 2 is 1.14 bits per heavy atom. The molecule has 0 aromatic carbocycles. The Labute approximate surface area is 265 Å². The van der Waals surface area contributed by atoms with Crippen molar-refractivity contribution in [2.75, 3.05) is 0 Å². The van der Waals surface area contributed by atoms with Crippen LogP contribution in [0, 0.1) is 22.7 Å². The summed E-state index contributed by atoms with van der Waals surface area (Å²) in [7, 11) is 0. The van der Waals surface area contributed by atoms with E-state index >= 15 is 0 Å². The highest BCUT2D eigenvalue weighted by atomic mass is 16.3. The van der Waals surface area contributed by atoms with E-state index in [1.54, 1.807) is 13.8 Å². The molecule has 2 N–H and O–H groups in total. The predicted octanol–water partition coefficient (Wildman–Crippen LogP) is 8.35. The average molecular weight is 595 g/mol. The van der Waals surface area contributed by atoms with Crippen molar-refractivity contribution in [3.63, 3.8) is 0 Å². The zero-order valence-corrected chi connectivity index (χ0v) is 28.2. The number of carbonyl (C=O) groups is 2. The van der Waals surface area contributed by atoms with E-state index in [0.717, 1.165) is 33.4 Å². The van der Waals surface area contributed by atoms with Gasteiger partial charge >= 0.3 is 0 Å². The van der Waals surface area contributed by atoms with Crippen molar-refractivity contribution >= 4 is 11.6 Å². The molecule has 0 heterocycles. The Morgan fingerprint density at radius 1 is 0.682 bits per heavy atom. The van der Waals surface area contributed by atoms with E-state index < -0.39 is 12.2 Å². The van der Waals surface area contributed by atoms with E-state index in [1.165, 1.54) is 0 Å². The summed E-state index contributed by atoms with van der Waals surface area (Å²) in [5.74, 6) is 5.93. The van der Waals surface area contributed by atoms with Crippen LogP contribution in [0.1, 0.15) is 82.1 Å². The summed E-state index contributed by atoms with van der Waals surface area (Å²) in [4.78, 5) is 24.4. The number of ketones is 2. The van der Waals surface area contributed by atoms with Crippen molar-refractivity contribution in [1.82, 2.24) is 0 Å². The van der Waals surface area contributed by atoms with Gasteiger partial charge in [-0.3, -0.25) is 9.59 Å². The van der Waals surface area contributed by atoms with Crippen molar-refractivity contribution in [2.24, 2.45) is 10.8 Å². The minimum Gasteiger partial charge on any atom is -0.385 e. The van der Waals surface area contributed by atoms with E-state index in [1.807, 2.05) is 114 Å². The zero-order chi connectivity index (χ0) is 33.2. The van der Waals surface area contributed by atoms with Gasteiger partial charge in [-0.1, -0.05) is 129 Å². The topological polar surface area (TPSA) is 74.6 Å². The minimum absolute atomic E-state index is 0.177. The van der Waals surface area contributed by atoms with Gasteiger partial charge < -0.3 is 10.2 Å². The Hall–Kier alpha value is -3.78. The van der Waals surface area contributed by atoms with E-state index in [4.69, 9.17) is 0 Å². The minimum atomic E-state index is -0.940. The molecule has 2 unspecified atom stereocenters. The van der Waals surface area contributed by atoms with Crippen molar-refractivity contribution in [3.8, 4) is 11.8 Å². The maximum absolute atomic E-state index is 12.2. The Balaban J connectivity index is 1.97. The molecule has 0 fully saturated rings. The van der Waals surface area contributed by atoms with Gasteiger partial charge in [-0.25, -0.2) is 0 Å². The Morgan fingerprint density at radius 3 is 1.70 bits per heavy atom. The summed E-state index contributed by atoms with van der Waals surface area (Å²) >= 11 is 0. The second kappa shape index (κ2) is 15.8.